The smallest absolute Gasteiger partial charge is 0.0438 e. The SMILES string of the molecule is Cc1cc(C(Br)Cc2ccc(Cl)cc2)c(C)cc1Br. The maximum absolute atomic E-state index is 5.91. The summed E-state index contributed by atoms with van der Waals surface area (Å²) in [5.74, 6) is 0. The van der Waals surface area contributed by atoms with E-state index in [1.54, 1.807) is 0 Å². The van der Waals surface area contributed by atoms with Gasteiger partial charge in [0.2, 0.25) is 0 Å². The van der Waals surface area contributed by atoms with Gasteiger partial charge in [0.25, 0.3) is 0 Å². The number of hydrogen-bond acceptors (Lipinski definition) is 0. The molecule has 1 atom stereocenters. The molecular formula is C16H15Br2Cl. The van der Waals surface area contributed by atoms with Crippen molar-refractivity contribution in [2.45, 2.75) is 25.1 Å². The third-order valence-electron chi connectivity index (χ3n) is 3.21. The van der Waals surface area contributed by atoms with Crippen molar-refractivity contribution in [3.05, 3.63) is 68.1 Å². The Morgan fingerprint density at radius 2 is 1.68 bits per heavy atom. The van der Waals surface area contributed by atoms with Crippen LogP contribution in [0.5, 0.6) is 0 Å². The Morgan fingerprint density at radius 1 is 1.05 bits per heavy atom. The van der Waals surface area contributed by atoms with Crippen LogP contribution in [0.2, 0.25) is 5.02 Å². The highest BCUT2D eigenvalue weighted by atomic mass is 79.9. The Balaban J connectivity index is 2.22. The molecule has 0 radical (unpaired) electrons. The molecule has 2 aromatic carbocycles. The standard InChI is InChI=1S/C16H15Br2Cl/c1-10-8-15(17)11(2)7-14(10)16(18)9-12-3-5-13(19)6-4-12/h3-8,16H,9H2,1-2H3. The molecule has 0 saturated carbocycles. The first-order chi connectivity index (χ1) is 8.97. The molecule has 0 saturated heterocycles. The summed E-state index contributed by atoms with van der Waals surface area (Å²) in [4.78, 5) is 0.320. The molecule has 0 aliphatic rings. The van der Waals surface area contributed by atoms with Gasteiger partial charge in [-0.2, -0.15) is 0 Å². The number of rotatable bonds is 3. The average molecular weight is 403 g/mol. The van der Waals surface area contributed by atoms with Crippen molar-refractivity contribution in [2.75, 3.05) is 0 Å². The molecule has 0 N–H and O–H groups in total. The summed E-state index contributed by atoms with van der Waals surface area (Å²) < 4.78 is 1.17. The van der Waals surface area contributed by atoms with Crippen LogP contribution in [0.25, 0.3) is 0 Å². The van der Waals surface area contributed by atoms with E-state index in [-0.39, 0.29) is 0 Å². The minimum absolute atomic E-state index is 0.320. The predicted molar refractivity (Wildman–Crippen MR) is 90.4 cm³/mol. The number of halogens is 3. The van der Waals surface area contributed by atoms with Gasteiger partial charge in [0.1, 0.15) is 0 Å². The maximum atomic E-state index is 5.91. The maximum Gasteiger partial charge on any atom is 0.0438 e. The van der Waals surface area contributed by atoms with E-state index in [2.05, 4.69) is 70.0 Å². The number of aryl methyl sites for hydroxylation is 2. The molecule has 0 fully saturated rings. The van der Waals surface area contributed by atoms with Gasteiger partial charge in [-0.3, -0.25) is 0 Å². The predicted octanol–water partition coefficient (Wildman–Crippen LogP) is 6.40. The normalized spacial score (nSPS) is 12.5. The van der Waals surface area contributed by atoms with Crippen LogP contribution in [0.15, 0.2) is 40.9 Å². The second kappa shape index (κ2) is 6.43. The zero-order valence-electron chi connectivity index (χ0n) is 10.9. The molecule has 2 rings (SSSR count). The van der Waals surface area contributed by atoms with E-state index >= 15 is 0 Å². The largest absolute Gasteiger partial charge is 0.0843 e. The Morgan fingerprint density at radius 3 is 2.32 bits per heavy atom. The fraction of sp³-hybridized carbons (Fsp3) is 0.250. The topological polar surface area (TPSA) is 0 Å². The van der Waals surface area contributed by atoms with E-state index in [0.717, 1.165) is 11.4 Å². The summed E-state index contributed by atoms with van der Waals surface area (Å²) in [7, 11) is 0. The molecule has 100 valence electrons. The van der Waals surface area contributed by atoms with E-state index in [1.165, 1.54) is 26.7 Å². The fourth-order valence-corrected chi connectivity index (χ4v) is 3.53. The summed E-state index contributed by atoms with van der Waals surface area (Å²) in [5.41, 5.74) is 5.19. The number of alkyl halides is 1. The Labute approximate surface area is 136 Å². The van der Waals surface area contributed by atoms with Gasteiger partial charge in [0.05, 0.1) is 0 Å². The fourth-order valence-electron chi connectivity index (χ4n) is 2.08. The molecule has 0 nitrogen and oxygen atoms in total. The molecule has 0 aromatic heterocycles. The van der Waals surface area contributed by atoms with Crippen molar-refractivity contribution < 1.29 is 0 Å². The van der Waals surface area contributed by atoms with Crippen molar-refractivity contribution in [1.82, 2.24) is 0 Å². The van der Waals surface area contributed by atoms with Crippen molar-refractivity contribution in [1.29, 1.82) is 0 Å². The van der Waals surface area contributed by atoms with Crippen LogP contribution >= 0.6 is 43.5 Å². The first-order valence-corrected chi connectivity index (χ1v) is 8.21. The summed E-state index contributed by atoms with van der Waals surface area (Å²) in [6, 6.07) is 12.5. The van der Waals surface area contributed by atoms with E-state index in [0.29, 0.717) is 4.83 Å². The lowest BCUT2D eigenvalue weighted by atomic mass is 9.98. The van der Waals surface area contributed by atoms with Crippen molar-refractivity contribution in [3.63, 3.8) is 0 Å². The summed E-state index contributed by atoms with van der Waals surface area (Å²) in [6.45, 7) is 4.27. The van der Waals surface area contributed by atoms with Gasteiger partial charge in [0, 0.05) is 14.3 Å². The third kappa shape index (κ3) is 3.84. The minimum atomic E-state index is 0.320. The van der Waals surface area contributed by atoms with Gasteiger partial charge >= 0.3 is 0 Å². The Kier molecular flexibility index (Phi) is 5.10. The monoisotopic (exact) mass is 400 g/mol. The van der Waals surface area contributed by atoms with E-state index in [4.69, 9.17) is 11.6 Å². The lowest BCUT2D eigenvalue weighted by molar-refractivity contribution is 0.935. The van der Waals surface area contributed by atoms with Crippen molar-refractivity contribution >= 4 is 43.5 Å². The first-order valence-electron chi connectivity index (χ1n) is 6.12. The number of benzene rings is 2. The molecular weight excluding hydrogens is 387 g/mol. The van der Waals surface area contributed by atoms with Crippen LogP contribution in [0.3, 0.4) is 0 Å². The average Bonchev–Trinajstić information content (AvgIpc) is 2.36. The lowest BCUT2D eigenvalue weighted by Gasteiger charge is -2.15. The molecule has 0 aliphatic heterocycles. The van der Waals surface area contributed by atoms with Crippen LogP contribution in [0, 0.1) is 13.8 Å². The van der Waals surface area contributed by atoms with Gasteiger partial charge < -0.3 is 0 Å². The minimum Gasteiger partial charge on any atom is -0.0843 e. The van der Waals surface area contributed by atoms with Crippen molar-refractivity contribution in [3.8, 4) is 0 Å². The molecule has 0 aliphatic carbocycles. The van der Waals surface area contributed by atoms with Crippen LogP contribution in [0.4, 0.5) is 0 Å². The molecule has 0 spiro atoms. The van der Waals surface area contributed by atoms with Crippen LogP contribution in [-0.2, 0) is 6.42 Å². The summed E-state index contributed by atoms with van der Waals surface area (Å²) in [6.07, 6.45) is 0.957. The van der Waals surface area contributed by atoms with Gasteiger partial charge in [-0.15, -0.1) is 0 Å². The van der Waals surface area contributed by atoms with E-state index in [9.17, 15) is 0 Å². The lowest BCUT2D eigenvalue weighted by Crippen LogP contribution is -1.99. The van der Waals surface area contributed by atoms with Crippen molar-refractivity contribution in [2.24, 2.45) is 0 Å². The highest BCUT2D eigenvalue weighted by molar-refractivity contribution is 9.10. The summed E-state index contributed by atoms with van der Waals surface area (Å²) in [5, 5.41) is 0.783. The van der Waals surface area contributed by atoms with Crippen LogP contribution in [-0.4, -0.2) is 0 Å². The van der Waals surface area contributed by atoms with Gasteiger partial charge in [0.15, 0.2) is 0 Å². The van der Waals surface area contributed by atoms with E-state index in [1.807, 2.05) is 12.1 Å². The van der Waals surface area contributed by atoms with Gasteiger partial charge in [-0.25, -0.2) is 0 Å². The molecule has 1 unspecified atom stereocenters. The van der Waals surface area contributed by atoms with Crippen LogP contribution < -0.4 is 0 Å². The van der Waals surface area contributed by atoms with E-state index < -0.39 is 0 Å². The Bertz CT molecular complexity index is 576. The molecule has 0 bridgehead atoms. The molecule has 3 heteroatoms. The summed E-state index contributed by atoms with van der Waals surface area (Å²) >= 11 is 13.3. The molecule has 0 amide bonds. The van der Waals surface area contributed by atoms with Gasteiger partial charge in [-0.05, 0) is 60.7 Å². The van der Waals surface area contributed by atoms with Gasteiger partial charge in [-0.1, -0.05) is 61.7 Å². The zero-order chi connectivity index (χ0) is 14.0. The highest BCUT2D eigenvalue weighted by Gasteiger charge is 2.12. The zero-order valence-corrected chi connectivity index (χ0v) is 14.8. The second-order valence-electron chi connectivity index (χ2n) is 4.76. The number of hydrogen-bond donors (Lipinski definition) is 0. The molecule has 19 heavy (non-hydrogen) atoms. The molecule has 2 aromatic rings. The van der Waals surface area contributed by atoms with Crippen LogP contribution in [0.1, 0.15) is 27.1 Å². The quantitative estimate of drug-likeness (QED) is 0.521. The molecule has 0 heterocycles. The second-order valence-corrected chi connectivity index (χ2v) is 7.15. The first kappa shape index (κ1) is 15.1. The Hall–Kier alpha value is -0.310. The third-order valence-corrected chi connectivity index (χ3v) is 5.14. The highest BCUT2D eigenvalue weighted by Crippen LogP contribution is 2.32.